The van der Waals surface area contributed by atoms with Crippen molar-refractivity contribution in [2.45, 2.75) is 13.0 Å². The molecule has 0 saturated carbocycles. The lowest BCUT2D eigenvalue weighted by atomic mass is 10.1. The van der Waals surface area contributed by atoms with E-state index in [-0.39, 0.29) is 5.69 Å². The monoisotopic (exact) mass is 441 g/mol. The number of nitrogens with zero attached hydrogens (tertiary/aromatic N) is 5. The molecule has 138 valence electrons. The number of hydrogen-bond donors (Lipinski definition) is 0. The summed E-state index contributed by atoms with van der Waals surface area (Å²) >= 11 is 3.29. The summed E-state index contributed by atoms with van der Waals surface area (Å²) in [6.45, 7) is 4.90. The second-order valence-corrected chi connectivity index (χ2v) is 9.25. The van der Waals surface area contributed by atoms with Gasteiger partial charge in [0.25, 0.3) is 5.69 Å². The minimum absolute atomic E-state index is 0.0419. The zero-order valence-corrected chi connectivity index (χ0v) is 16.5. The van der Waals surface area contributed by atoms with E-state index in [9.17, 15) is 14.7 Å². The maximum atomic E-state index is 13.2. The van der Waals surface area contributed by atoms with Crippen LogP contribution >= 0.6 is 23.6 Å². The van der Waals surface area contributed by atoms with Crippen LogP contribution in [0.15, 0.2) is 35.3 Å². The average molecular weight is 442 g/mol. The lowest BCUT2D eigenvalue weighted by Gasteiger charge is -2.24. The van der Waals surface area contributed by atoms with E-state index in [4.69, 9.17) is 4.52 Å². The van der Waals surface area contributed by atoms with Crippen molar-refractivity contribution in [2.24, 2.45) is 0 Å². The molecule has 0 aliphatic carbocycles. The van der Waals surface area contributed by atoms with Crippen LogP contribution in [0.1, 0.15) is 18.6 Å². The van der Waals surface area contributed by atoms with Gasteiger partial charge in [-0.25, -0.2) is 14.3 Å². The topological polar surface area (TPSA) is 93.3 Å². The summed E-state index contributed by atoms with van der Waals surface area (Å²) in [5, 5.41) is 11.4. The highest BCUT2D eigenvalue weighted by atomic mass is 79.9. The van der Waals surface area contributed by atoms with E-state index in [0.717, 1.165) is 31.7 Å². The highest BCUT2D eigenvalue weighted by molar-refractivity contribution is 9.10. The van der Waals surface area contributed by atoms with Crippen LogP contribution in [0.2, 0.25) is 0 Å². The van der Waals surface area contributed by atoms with Crippen LogP contribution < -0.4 is 0 Å². The third kappa shape index (κ3) is 3.23. The molecule has 3 heterocycles. The number of nitro benzene ring substituents is 1. The third-order valence-corrected chi connectivity index (χ3v) is 7.79. The van der Waals surface area contributed by atoms with E-state index in [1.54, 1.807) is 29.1 Å². The number of nitro groups is 1. The molecule has 2 saturated heterocycles. The molecule has 1 unspecified atom stereocenters. The van der Waals surface area contributed by atoms with Crippen molar-refractivity contribution in [1.29, 1.82) is 0 Å². The number of benzene rings is 1. The minimum atomic E-state index is -2.97. The maximum Gasteiger partial charge on any atom is 0.346 e. The van der Waals surface area contributed by atoms with Crippen LogP contribution in [0, 0.1) is 10.1 Å². The summed E-state index contributed by atoms with van der Waals surface area (Å²) in [4.78, 5) is 15.0. The molecule has 0 bridgehead atoms. The Labute approximate surface area is 158 Å². The first-order chi connectivity index (χ1) is 12.4. The molecule has 2 aromatic rings. The van der Waals surface area contributed by atoms with Gasteiger partial charge in [0.05, 0.1) is 11.0 Å². The van der Waals surface area contributed by atoms with Gasteiger partial charge in [-0.3, -0.25) is 23.8 Å². The van der Waals surface area contributed by atoms with Gasteiger partial charge in [0, 0.05) is 44.6 Å². The molecule has 11 heteroatoms. The predicted molar refractivity (Wildman–Crippen MR) is 98.2 cm³/mol. The van der Waals surface area contributed by atoms with E-state index in [1.807, 2.05) is 16.3 Å². The molecule has 2 aliphatic heterocycles. The summed E-state index contributed by atoms with van der Waals surface area (Å²) in [6.07, 6.45) is 2.72. The Morgan fingerprint density at radius 1 is 1.31 bits per heavy atom. The molecule has 9 nitrogen and oxygen atoms in total. The summed E-state index contributed by atoms with van der Waals surface area (Å²) in [5.74, 6) is 0. The van der Waals surface area contributed by atoms with Gasteiger partial charge >= 0.3 is 7.67 Å². The fourth-order valence-corrected chi connectivity index (χ4v) is 5.55. The van der Waals surface area contributed by atoms with E-state index in [0.29, 0.717) is 10.4 Å². The lowest BCUT2D eigenvalue weighted by molar-refractivity contribution is -0.384. The lowest BCUT2D eigenvalue weighted by Crippen LogP contribution is -2.11. The Morgan fingerprint density at radius 2 is 1.96 bits per heavy atom. The molecule has 0 N–H and O–H groups in total. The molecule has 26 heavy (non-hydrogen) atoms. The molecule has 0 radical (unpaired) electrons. The average Bonchev–Trinajstić information content (AvgIpc) is 3.51. The second kappa shape index (κ2) is 6.54. The number of halogens is 1. The van der Waals surface area contributed by atoms with Crippen molar-refractivity contribution in [3.8, 4) is 5.69 Å². The van der Waals surface area contributed by atoms with Gasteiger partial charge in [-0.05, 0) is 40.5 Å². The standard InChI is InChI=1S/C15H17BrN5O4P/c1-11(25-26(24,18-6-7-18)19-8-9-19)12-2-3-13(21(22)23)14(10-12)20-5-4-17-15(20)16/h2-5,10-11H,6-9H2,1H3. The summed E-state index contributed by atoms with van der Waals surface area (Å²) in [6, 6.07) is 4.77. The summed E-state index contributed by atoms with van der Waals surface area (Å²) in [5.41, 5.74) is 1.05. The first-order valence-corrected chi connectivity index (χ1v) is 10.5. The molecule has 1 atom stereocenters. The zero-order valence-electron chi connectivity index (χ0n) is 14.0. The predicted octanol–water partition coefficient (Wildman–Crippen LogP) is 3.36. The SMILES string of the molecule is CC(OP(=O)(N1CC1)N1CC1)c1ccc([N+](=O)[O-])c(-n2ccnc2Br)c1. The second-order valence-electron chi connectivity index (χ2n) is 6.22. The Hall–Kier alpha value is -1.58. The fourth-order valence-electron chi connectivity index (χ4n) is 2.78. The van der Waals surface area contributed by atoms with Crippen molar-refractivity contribution in [2.75, 3.05) is 26.2 Å². The third-order valence-electron chi connectivity index (χ3n) is 4.38. The van der Waals surface area contributed by atoms with E-state index < -0.39 is 18.7 Å². The zero-order chi connectivity index (χ0) is 18.5. The van der Waals surface area contributed by atoms with Crippen molar-refractivity contribution in [1.82, 2.24) is 18.9 Å². The van der Waals surface area contributed by atoms with Crippen LogP contribution in [0.4, 0.5) is 5.69 Å². The molecular weight excluding hydrogens is 425 g/mol. The van der Waals surface area contributed by atoms with Gasteiger partial charge in [-0.15, -0.1) is 0 Å². The van der Waals surface area contributed by atoms with E-state index in [1.165, 1.54) is 6.07 Å². The first-order valence-electron chi connectivity index (χ1n) is 8.17. The van der Waals surface area contributed by atoms with E-state index in [2.05, 4.69) is 20.9 Å². The molecule has 2 aliphatic rings. The number of imidazole rings is 1. The highest BCUT2D eigenvalue weighted by Gasteiger charge is 2.50. The van der Waals surface area contributed by atoms with Crippen LogP contribution in [-0.4, -0.2) is 50.0 Å². The Morgan fingerprint density at radius 3 is 2.46 bits per heavy atom. The highest BCUT2D eigenvalue weighted by Crippen LogP contribution is 2.63. The van der Waals surface area contributed by atoms with Gasteiger partial charge < -0.3 is 0 Å². The first kappa shape index (κ1) is 17.8. The largest absolute Gasteiger partial charge is 0.346 e. The Balaban J connectivity index is 1.67. The van der Waals surface area contributed by atoms with E-state index >= 15 is 0 Å². The number of hydrogen-bond acceptors (Lipinski definition) is 5. The van der Waals surface area contributed by atoms with Crippen molar-refractivity contribution >= 4 is 29.3 Å². The van der Waals surface area contributed by atoms with Gasteiger partial charge in [0.15, 0.2) is 4.73 Å². The number of aromatic nitrogens is 2. The molecule has 0 spiro atoms. The molecule has 1 aromatic carbocycles. The fraction of sp³-hybridized carbons (Fsp3) is 0.400. The van der Waals surface area contributed by atoms with Gasteiger partial charge in [-0.2, -0.15) is 0 Å². The summed E-state index contributed by atoms with van der Waals surface area (Å²) in [7, 11) is -2.97. The van der Waals surface area contributed by atoms with Gasteiger partial charge in [0.2, 0.25) is 0 Å². The minimum Gasteiger partial charge on any atom is -0.298 e. The molecular formula is C15H17BrN5O4P. The maximum absolute atomic E-state index is 13.2. The number of rotatable bonds is 7. The van der Waals surface area contributed by atoms with Crippen LogP contribution in [0.3, 0.4) is 0 Å². The van der Waals surface area contributed by atoms with Crippen LogP contribution in [0.25, 0.3) is 5.69 Å². The van der Waals surface area contributed by atoms with Gasteiger partial charge in [-0.1, -0.05) is 0 Å². The van der Waals surface area contributed by atoms with Crippen molar-refractivity contribution in [3.63, 3.8) is 0 Å². The summed E-state index contributed by atoms with van der Waals surface area (Å²) < 4.78 is 24.9. The quantitative estimate of drug-likeness (QED) is 0.281. The Bertz CT molecular complexity index is 895. The van der Waals surface area contributed by atoms with Crippen LogP contribution in [0.5, 0.6) is 0 Å². The van der Waals surface area contributed by atoms with Crippen LogP contribution in [-0.2, 0) is 9.09 Å². The molecule has 4 rings (SSSR count). The molecule has 1 aromatic heterocycles. The van der Waals surface area contributed by atoms with Crippen molar-refractivity contribution in [3.05, 3.63) is 51.0 Å². The molecule has 0 amide bonds. The van der Waals surface area contributed by atoms with Gasteiger partial charge in [0.1, 0.15) is 5.69 Å². The van der Waals surface area contributed by atoms with Crippen molar-refractivity contribution < 1.29 is 14.0 Å². The normalized spacial score (nSPS) is 18.7. The molecule has 2 fully saturated rings. The Kier molecular flexibility index (Phi) is 4.48. The smallest absolute Gasteiger partial charge is 0.298 e.